The van der Waals surface area contributed by atoms with E-state index in [0.29, 0.717) is 28.5 Å². The largest absolute Gasteiger partial charge is 0.493 e. The number of methoxy groups -OCH3 is 2. The van der Waals surface area contributed by atoms with Gasteiger partial charge in [-0.05, 0) is 73.0 Å². The van der Waals surface area contributed by atoms with Crippen molar-refractivity contribution in [3.63, 3.8) is 0 Å². The van der Waals surface area contributed by atoms with Gasteiger partial charge in [0.15, 0.2) is 23.0 Å². The fraction of sp³-hybridized carbons (Fsp3) is 0.231. The van der Waals surface area contributed by atoms with E-state index in [-0.39, 0.29) is 17.4 Å². The van der Waals surface area contributed by atoms with Crippen LogP contribution >= 0.6 is 0 Å². The lowest BCUT2D eigenvalue weighted by Gasteiger charge is -2.25. The summed E-state index contributed by atoms with van der Waals surface area (Å²) in [5.41, 5.74) is 5.13. The molecule has 1 aliphatic heterocycles. The first-order chi connectivity index (χ1) is 17.7. The van der Waals surface area contributed by atoms with Gasteiger partial charge in [-0.2, -0.15) is 5.10 Å². The highest BCUT2D eigenvalue weighted by atomic mass is 32.2. The second kappa shape index (κ2) is 10.8. The van der Waals surface area contributed by atoms with Gasteiger partial charge in [0.25, 0.3) is 15.9 Å². The van der Waals surface area contributed by atoms with E-state index in [1.54, 1.807) is 30.3 Å². The Labute approximate surface area is 215 Å². The SMILES string of the molecule is COc1ccc(S(=O)(=O)N(CC(=O)NN=Cc2ccc3c(c2)OCO3)c2cc(C)cc(C)c2)cc1OC. The summed E-state index contributed by atoms with van der Waals surface area (Å²) < 4.78 is 49.7. The maximum Gasteiger partial charge on any atom is 0.264 e. The van der Waals surface area contributed by atoms with Crippen LogP contribution in [0.15, 0.2) is 64.6 Å². The molecular weight excluding hydrogens is 498 g/mol. The Kier molecular flexibility index (Phi) is 7.53. The average Bonchev–Trinajstić information content (AvgIpc) is 3.34. The van der Waals surface area contributed by atoms with E-state index in [2.05, 4.69) is 10.5 Å². The fourth-order valence-corrected chi connectivity index (χ4v) is 5.27. The number of nitrogens with one attached hydrogen (secondary N) is 1. The van der Waals surface area contributed by atoms with Crippen molar-refractivity contribution in [2.45, 2.75) is 18.7 Å². The fourth-order valence-electron chi connectivity index (χ4n) is 3.85. The number of rotatable bonds is 9. The molecule has 1 amide bonds. The third-order valence-electron chi connectivity index (χ3n) is 5.52. The van der Waals surface area contributed by atoms with Gasteiger partial charge in [-0.3, -0.25) is 9.10 Å². The zero-order valence-corrected chi connectivity index (χ0v) is 21.7. The van der Waals surface area contributed by atoms with Gasteiger partial charge < -0.3 is 18.9 Å². The second-order valence-corrected chi connectivity index (χ2v) is 10.1. The zero-order chi connectivity index (χ0) is 26.6. The zero-order valence-electron chi connectivity index (χ0n) is 20.8. The van der Waals surface area contributed by atoms with E-state index >= 15 is 0 Å². The molecule has 0 saturated carbocycles. The van der Waals surface area contributed by atoms with Gasteiger partial charge in [0.2, 0.25) is 6.79 Å². The second-order valence-electron chi connectivity index (χ2n) is 8.28. The van der Waals surface area contributed by atoms with E-state index in [1.165, 1.54) is 38.6 Å². The molecule has 1 aliphatic rings. The molecule has 3 aromatic carbocycles. The molecule has 0 saturated heterocycles. The molecule has 0 atom stereocenters. The Morgan fingerprint density at radius 1 is 0.973 bits per heavy atom. The van der Waals surface area contributed by atoms with Crippen LogP contribution in [0.25, 0.3) is 0 Å². The summed E-state index contributed by atoms with van der Waals surface area (Å²) in [4.78, 5) is 12.8. The number of aryl methyl sites for hydroxylation is 2. The molecular formula is C26H27N3O7S. The molecule has 1 N–H and O–H groups in total. The molecule has 0 unspecified atom stereocenters. The van der Waals surface area contributed by atoms with Crippen molar-refractivity contribution in [1.29, 1.82) is 0 Å². The summed E-state index contributed by atoms with van der Waals surface area (Å²) in [5, 5.41) is 3.97. The molecule has 1 heterocycles. The van der Waals surface area contributed by atoms with Gasteiger partial charge in [-0.15, -0.1) is 0 Å². The van der Waals surface area contributed by atoms with E-state index in [0.717, 1.165) is 15.4 Å². The maximum atomic E-state index is 13.7. The Hall–Kier alpha value is -4.25. The first-order valence-corrected chi connectivity index (χ1v) is 12.7. The van der Waals surface area contributed by atoms with Crippen LogP contribution in [0.3, 0.4) is 0 Å². The summed E-state index contributed by atoms with van der Waals surface area (Å²) in [5.74, 6) is 1.22. The minimum Gasteiger partial charge on any atom is -0.493 e. The maximum absolute atomic E-state index is 13.7. The standard InChI is InChI=1S/C26H27N3O7S/c1-17-9-18(2)11-20(10-17)29(37(31,32)21-6-8-22(33-3)24(13-21)34-4)15-26(30)28-27-14-19-5-7-23-25(12-19)36-16-35-23/h5-14H,15-16H2,1-4H3,(H,28,30). The highest BCUT2D eigenvalue weighted by Crippen LogP contribution is 2.33. The molecule has 0 fully saturated rings. The lowest BCUT2D eigenvalue weighted by atomic mass is 10.1. The lowest BCUT2D eigenvalue weighted by molar-refractivity contribution is -0.119. The topological polar surface area (TPSA) is 116 Å². The summed E-state index contributed by atoms with van der Waals surface area (Å²) in [7, 11) is -1.29. The van der Waals surface area contributed by atoms with Crippen LogP contribution in [0.5, 0.6) is 23.0 Å². The number of hydrogen-bond acceptors (Lipinski definition) is 8. The van der Waals surface area contributed by atoms with Gasteiger partial charge in [0.05, 0.1) is 31.0 Å². The summed E-state index contributed by atoms with van der Waals surface area (Å²) in [6.07, 6.45) is 1.43. The van der Waals surface area contributed by atoms with Gasteiger partial charge >= 0.3 is 0 Å². The van der Waals surface area contributed by atoms with Crippen molar-refractivity contribution in [2.75, 3.05) is 31.9 Å². The highest BCUT2D eigenvalue weighted by Gasteiger charge is 2.28. The molecule has 37 heavy (non-hydrogen) atoms. The number of nitrogens with zero attached hydrogens (tertiary/aromatic N) is 2. The molecule has 0 aliphatic carbocycles. The van der Waals surface area contributed by atoms with Crippen LogP contribution in [0.2, 0.25) is 0 Å². The normalized spacial score (nSPS) is 12.4. The summed E-state index contributed by atoms with van der Waals surface area (Å²) >= 11 is 0. The van der Waals surface area contributed by atoms with Crippen LogP contribution in [0.1, 0.15) is 16.7 Å². The molecule has 3 aromatic rings. The van der Waals surface area contributed by atoms with E-state index in [1.807, 2.05) is 19.9 Å². The Morgan fingerprint density at radius 2 is 1.68 bits per heavy atom. The van der Waals surface area contributed by atoms with Gasteiger partial charge in [-0.25, -0.2) is 13.8 Å². The van der Waals surface area contributed by atoms with Crippen molar-refractivity contribution >= 4 is 27.8 Å². The molecule has 194 valence electrons. The Morgan fingerprint density at radius 3 is 2.38 bits per heavy atom. The predicted octanol–water partition coefficient (Wildman–Crippen LogP) is 3.39. The minimum atomic E-state index is -4.17. The minimum absolute atomic E-state index is 0.0547. The van der Waals surface area contributed by atoms with E-state index in [9.17, 15) is 13.2 Å². The Balaban J connectivity index is 1.60. The van der Waals surface area contributed by atoms with Gasteiger partial charge in [0, 0.05) is 6.07 Å². The quantitative estimate of drug-likeness (QED) is 0.336. The van der Waals surface area contributed by atoms with Crippen LogP contribution in [-0.4, -0.2) is 48.1 Å². The number of sulfonamides is 1. The number of amides is 1. The van der Waals surface area contributed by atoms with Crippen molar-refractivity contribution in [1.82, 2.24) is 5.43 Å². The molecule has 0 spiro atoms. The number of hydrazone groups is 1. The van der Waals surface area contributed by atoms with Gasteiger partial charge in [0.1, 0.15) is 6.54 Å². The average molecular weight is 526 g/mol. The number of benzene rings is 3. The van der Waals surface area contributed by atoms with Crippen LogP contribution in [0, 0.1) is 13.8 Å². The molecule has 0 aromatic heterocycles. The predicted molar refractivity (Wildman–Crippen MR) is 138 cm³/mol. The first kappa shape index (κ1) is 25.8. The third kappa shape index (κ3) is 5.78. The van der Waals surface area contributed by atoms with Crippen LogP contribution in [-0.2, 0) is 14.8 Å². The smallest absolute Gasteiger partial charge is 0.264 e. The van der Waals surface area contributed by atoms with Crippen LogP contribution in [0.4, 0.5) is 5.69 Å². The molecule has 10 nitrogen and oxygen atoms in total. The Bertz CT molecular complexity index is 1430. The molecule has 0 radical (unpaired) electrons. The van der Waals surface area contributed by atoms with Crippen molar-refractivity contribution in [3.8, 4) is 23.0 Å². The third-order valence-corrected chi connectivity index (χ3v) is 7.29. The number of anilines is 1. The number of fused-ring (bicyclic) bond motifs is 1. The number of carbonyl (C=O) groups excluding carboxylic acids is 1. The summed E-state index contributed by atoms with van der Waals surface area (Å²) in [6.45, 7) is 3.36. The van der Waals surface area contributed by atoms with Gasteiger partial charge in [-0.1, -0.05) is 6.07 Å². The number of carbonyl (C=O) groups is 1. The van der Waals surface area contributed by atoms with E-state index < -0.39 is 22.5 Å². The van der Waals surface area contributed by atoms with Crippen molar-refractivity contribution in [2.24, 2.45) is 5.10 Å². The van der Waals surface area contributed by atoms with Crippen molar-refractivity contribution < 1.29 is 32.2 Å². The monoisotopic (exact) mass is 525 g/mol. The molecule has 0 bridgehead atoms. The number of ether oxygens (including phenoxy) is 4. The molecule has 11 heteroatoms. The lowest BCUT2D eigenvalue weighted by Crippen LogP contribution is -2.39. The summed E-state index contributed by atoms with van der Waals surface area (Å²) in [6, 6.07) is 14.8. The first-order valence-electron chi connectivity index (χ1n) is 11.3. The van der Waals surface area contributed by atoms with Crippen LogP contribution < -0.4 is 28.7 Å². The van der Waals surface area contributed by atoms with Crippen molar-refractivity contribution in [3.05, 3.63) is 71.3 Å². The number of hydrogen-bond donors (Lipinski definition) is 1. The van der Waals surface area contributed by atoms with E-state index in [4.69, 9.17) is 18.9 Å². The molecule has 4 rings (SSSR count). The highest BCUT2D eigenvalue weighted by molar-refractivity contribution is 7.92.